The fourth-order valence-electron chi connectivity index (χ4n) is 0.874. The first-order valence-electron chi connectivity index (χ1n) is 3.42. The minimum Gasteiger partial charge on any atom is -0.478 e. The van der Waals surface area contributed by atoms with E-state index in [1.807, 2.05) is 19.9 Å². The van der Waals surface area contributed by atoms with E-state index in [9.17, 15) is 4.79 Å². The number of hydrogen-bond acceptors (Lipinski definition) is 1. The largest absolute Gasteiger partial charge is 0.478 e. The van der Waals surface area contributed by atoms with Crippen molar-refractivity contribution in [2.75, 3.05) is 0 Å². The summed E-state index contributed by atoms with van der Waals surface area (Å²) >= 11 is 0. The summed E-state index contributed by atoms with van der Waals surface area (Å²) in [7, 11) is 0. The van der Waals surface area contributed by atoms with Crippen molar-refractivity contribution in [3.8, 4) is 0 Å². The van der Waals surface area contributed by atoms with Gasteiger partial charge in [0.05, 0.1) is 5.56 Å². The van der Waals surface area contributed by atoms with Crippen molar-refractivity contribution in [3.63, 3.8) is 0 Å². The predicted molar refractivity (Wildman–Crippen MR) is 49.6 cm³/mol. The fourth-order valence-corrected chi connectivity index (χ4v) is 0.874. The molecule has 2 heteroatoms. The SMILES string of the molecule is C.Cc1ccc(C(=O)O)cc1C. The van der Waals surface area contributed by atoms with Gasteiger partial charge < -0.3 is 5.11 Å². The molecule has 0 aliphatic carbocycles. The molecule has 0 fully saturated rings. The zero-order valence-electron chi connectivity index (χ0n) is 6.59. The Morgan fingerprint density at radius 2 is 1.83 bits per heavy atom. The van der Waals surface area contributed by atoms with Gasteiger partial charge in [-0.15, -0.1) is 0 Å². The summed E-state index contributed by atoms with van der Waals surface area (Å²) in [6.07, 6.45) is 0. The quantitative estimate of drug-likeness (QED) is 0.696. The average Bonchev–Trinajstić information content (AvgIpc) is 1.94. The molecule has 2 nitrogen and oxygen atoms in total. The van der Waals surface area contributed by atoms with Crippen LogP contribution in [-0.4, -0.2) is 11.1 Å². The highest BCUT2D eigenvalue weighted by Crippen LogP contribution is 2.09. The normalized spacial score (nSPS) is 8.83. The number of aromatic carboxylic acids is 1. The molecule has 1 aromatic carbocycles. The number of hydrogen-bond donors (Lipinski definition) is 1. The first kappa shape index (κ1) is 10.7. The third-order valence-corrected chi connectivity index (χ3v) is 1.75. The third-order valence-electron chi connectivity index (χ3n) is 1.75. The Hall–Kier alpha value is -1.31. The number of aryl methyl sites for hydroxylation is 2. The number of carboxylic acid groups (broad SMARTS) is 1. The van der Waals surface area contributed by atoms with E-state index in [-0.39, 0.29) is 7.43 Å². The summed E-state index contributed by atoms with van der Waals surface area (Å²) in [6.45, 7) is 3.86. The molecule has 1 aromatic rings. The van der Waals surface area contributed by atoms with E-state index in [1.165, 1.54) is 0 Å². The van der Waals surface area contributed by atoms with Crippen molar-refractivity contribution in [3.05, 3.63) is 34.9 Å². The van der Waals surface area contributed by atoms with Crippen LogP contribution in [0.3, 0.4) is 0 Å². The Labute approximate surface area is 72.9 Å². The Bertz CT molecular complexity index is 290. The molecule has 0 atom stereocenters. The molecule has 1 rings (SSSR count). The van der Waals surface area contributed by atoms with Gasteiger partial charge in [-0.3, -0.25) is 0 Å². The minimum atomic E-state index is -0.867. The highest BCUT2D eigenvalue weighted by atomic mass is 16.4. The molecular formula is C10H14O2. The van der Waals surface area contributed by atoms with Crippen LogP contribution < -0.4 is 0 Å². The Kier molecular flexibility index (Phi) is 3.48. The summed E-state index contributed by atoms with van der Waals surface area (Å²) in [4.78, 5) is 10.5. The molecule has 12 heavy (non-hydrogen) atoms. The van der Waals surface area contributed by atoms with E-state index in [0.29, 0.717) is 5.56 Å². The van der Waals surface area contributed by atoms with Crippen LogP contribution in [0, 0.1) is 13.8 Å². The van der Waals surface area contributed by atoms with Crippen LogP contribution >= 0.6 is 0 Å². The summed E-state index contributed by atoms with van der Waals surface area (Å²) in [5.74, 6) is -0.867. The second-order valence-corrected chi connectivity index (χ2v) is 2.60. The van der Waals surface area contributed by atoms with Gasteiger partial charge in [0.2, 0.25) is 0 Å². The number of benzene rings is 1. The Morgan fingerprint density at radius 1 is 1.25 bits per heavy atom. The van der Waals surface area contributed by atoms with Crippen LogP contribution in [0.1, 0.15) is 28.9 Å². The van der Waals surface area contributed by atoms with Gasteiger partial charge in [-0.2, -0.15) is 0 Å². The van der Waals surface area contributed by atoms with Gasteiger partial charge in [-0.05, 0) is 37.1 Å². The van der Waals surface area contributed by atoms with Crippen LogP contribution in [0.4, 0.5) is 0 Å². The molecule has 1 N–H and O–H groups in total. The predicted octanol–water partition coefficient (Wildman–Crippen LogP) is 2.64. The van der Waals surface area contributed by atoms with Crippen molar-refractivity contribution in [2.45, 2.75) is 21.3 Å². The number of rotatable bonds is 1. The van der Waals surface area contributed by atoms with Gasteiger partial charge >= 0.3 is 5.97 Å². The average molecular weight is 166 g/mol. The van der Waals surface area contributed by atoms with Gasteiger partial charge in [0, 0.05) is 0 Å². The molecule has 0 aliphatic rings. The maximum atomic E-state index is 10.5. The second kappa shape index (κ2) is 3.90. The lowest BCUT2D eigenvalue weighted by atomic mass is 10.1. The van der Waals surface area contributed by atoms with E-state index in [1.54, 1.807) is 12.1 Å². The maximum absolute atomic E-state index is 10.5. The second-order valence-electron chi connectivity index (χ2n) is 2.60. The Balaban J connectivity index is 0.00000121. The van der Waals surface area contributed by atoms with Crippen LogP contribution in [0.2, 0.25) is 0 Å². The molecule has 66 valence electrons. The van der Waals surface area contributed by atoms with Crippen LogP contribution in [0.25, 0.3) is 0 Å². The van der Waals surface area contributed by atoms with Gasteiger partial charge in [0.1, 0.15) is 0 Å². The van der Waals surface area contributed by atoms with Crippen LogP contribution in [-0.2, 0) is 0 Å². The summed E-state index contributed by atoms with van der Waals surface area (Å²) in [5.41, 5.74) is 2.49. The molecule has 0 unspecified atom stereocenters. The van der Waals surface area contributed by atoms with Crippen molar-refractivity contribution < 1.29 is 9.90 Å². The molecule has 0 heterocycles. The molecule has 0 saturated carbocycles. The maximum Gasteiger partial charge on any atom is 0.335 e. The lowest BCUT2D eigenvalue weighted by Crippen LogP contribution is -1.96. The highest BCUT2D eigenvalue weighted by Gasteiger charge is 2.02. The first-order chi connectivity index (χ1) is 5.11. The zero-order valence-corrected chi connectivity index (χ0v) is 6.59. The molecular weight excluding hydrogens is 152 g/mol. The summed E-state index contributed by atoms with van der Waals surface area (Å²) < 4.78 is 0. The molecule has 0 aliphatic heterocycles. The van der Waals surface area contributed by atoms with E-state index in [0.717, 1.165) is 11.1 Å². The molecule has 0 saturated heterocycles. The molecule has 0 radical (unpaired) electrons. The zero-order chi connectivity index (χ0) is 8.43. The van der Waals surface area contributed by atoms with Gasteiger partial charge in [-0.25, -0.2) is 4.79 Å². The third kappa shape index (κ3) is 2.09. The van der Waals surface area contributed by atoms with E-state index in [2.05, 4.69) is 0 Å². The van der Waals surface area contributed by atoms with E-state index >= 15 is 0 Å². The summed E-state index contributed by atoms with van der Waals surface area (Å²) in [5, 5.41) is 8.60. The van der Waals surface area contributed by atoms with Crippen molar-refractivity contribution in [1.29, 1.82) is 0 Å². The lowest BCUT2D eigenvalue weighted by Gasteiger charge is -1.99. The van der Waals surface area contributed by atoms with Crippen LogP contribution in [0.5, 0.6) is 0 Å². The number of carbonyl (C=O) groups is 1. The Morgan fingerprint density at radius 3 is 2.25 bits per heavy atom. The monoisotopic (exact) mass is 166 g/mol. The standard InChI is InChI=1S/C9H10O2.CH4/c1-6-3-4-8(9(10)11)5-7(6)2;/h3-5H,1-2H3,(H,10,11);1H4. The van der Waals surface area contributed by atoms with Crippen molar-refractivity contribution in [1.82, 2.24) is 0 Å². The first-order valence-corrected chi connectivity index (χ1v) is 3.42. The van der Waals surface area contributed by atoms with Gasteiger partial charge in [0.15, 0.2) is 0 Å². The smallest absolute Gasteiger partial charge is 0.335 e. The highest BCUT2D eigenvalue weighted by molar-refractivity contribution is 5.87. The molecule has 0 spiro atoms. The van der Waals surface area contributed by atoms with Crippen LogP contribution in [0.15, 0.2) is 18.2 Å². The van der Waals surface area contributed by atoms with Crippen molar-refractivity contribution >= 4 is 5.97 Å². The number of carboxylic acids is 1. The fraction of sp³-hybridized carbons (Fsp3) is 0.300. The lowest BCUT2D eigenvalue weighted by molar-refractivity contribution is 0.0697. The van der Waals surface area contributed by atoms with Crippen molar-refractivity contribution in [2.24, 2.45) is 0 Å². The molecule has 0 amide bonds. The molecule has 0 aromatic heterocycles. The molecule has 0 bridgehead atoms. The van der Waals surface area contributed by atoms with E-state index in [4.69, 9.17) is 5.11 Å². The topological polar surface area (TPSA) is 37.3 Å². The summed E-state index contributed by atoms with van der Waals surface area (Å²) in [6, 6.07) is 5.11. The minimum absolute atomic E-state index is 0. The van der Waals surface area contributed by atoms with E-state index < -0.39 is 5.97 Å². The van der Waals surface area contributed by atoms with Gasteiger partial charge in [-0.1, -0.05) is 13.5 Å². The van der Waals surface area contributed by atoms with Gasteiger partial charge in [0.25, 0.3) is 0 Å².